The molecule has 1 atom stereocenters. The van der Waals surface area contributed by atoms with Gasteiger partial charge in [-0.2, -0.15) is 0 Å². The first kappa shape index (κ1) is 18.3. The number of hydrogen-bond donors (Lipinski definition) is 1. The van der Waals surface area contributed by atoms with Crippen LogP contribution in [0.4, 0.5) is 0 Å². The molecule has 4 aliphatic rings. The van der Waals surface area contributed by atoms with Crippen LogP contribution in [0.5, 0.6) is 0 Å². The average Bonchev–Trinajstić information content (AvgIpc) is 3.50. The van der Waals surface area contributed by atoms with E-state index in [1.165, 1.54) is 38.5 Å². The summed E-state index contributed by atoms with van der Waals surface area (Å²) in [4.78, 5) is 38.0. The zero-order valence-corrected chi connectivity index (χ0v) is 16.8. The van der Waals surface area contributed by atoms with E-state index in [0.29, 0.717) is 18.5 Å². The van der Waals surface area contributed by atoms with E-state index in [1.807, 2.05) is 4.90 Å². The van der Waals surface area contributed by atoms with E-state index in [2.05, 4.69) is 9.88 Å². The summed E-state index contributed by atoms with van der Waals surface area (Å²) in [7, 11) is 0. The van der Waals surface area contributed by atoms with Gasteiger partial charge in [-0.3, -0.25) is 14.5 Å². The lowest BCUT2D eigenvalue weighted by Crippen LogP contribution is -2.41. The second kappa shape index (κ2) is 7.62. The van der Waals surface area contributed by atoms with Crippen molar-refractivity contribution >= 4 is 5.91 Å². The van der Waals surface area contributed by atoms with Gasteiger partial charge < -0.3 is 9.88 Å². The van der Waals surface area contributed by atoms with Crippen molar-refractivity contribution in [2.24, 2.45) is 5.92 Å². The number of carbonyl (C=O) groups is 1. The predicted octanol–water partition coefficient (Wildman–Crippen LogP) is 2.58. The molecule has 2 aliphatic carbocycles. The SMILES string of the molecule is O=C(C1CCCC1)N1CC[C@H](c2nc3c(c(=O)[nH]2)CN(C2CCCC2)CC3)C1. The fourth-order valence-corrected chi connectivity index (χ4v) is 5.85. The van der Waals surface area contributed by atoms with Crippen molar-refractivity contribution in [1.82, 2.24) is 19.8 Å². The third kappa shape index (κ3) is 3.40. The number of H-pyrrole nitrogens is 1. The number of likely N-dealkylation sites (tertiary alicyclic amines) is 1. The minimum Gasteiger partial charge on any atom is -0.342 e. The summed E-state index contributed by atoms with van der Waals surface area (Å²) >= 11 is 0. The van der Waals surface area contributed by atoms with Crippen LogP contribution in [-0.2, 0) is 17.8 Å². The summed E-state index contributed by atoms with van der Waals surface area (Å²) in [5.41, 5.74) is 1.91. The molecule has 6 heteroatoms. The van der Waals surface area contributed by atoms with Gasteiger partial charge in [-0.15, -0.1) is 0 Å². The topological polar surface area (TPSA) is 69.3 Å². The minimum atomic E-state index is 0.0447. The van der Waals surface area contributed by atoms with Gasteiger partial charge in [-0.05, 0) is 32.1 Å². The summed E-state index contributed by atoms with van der Waals surface area (Å²) < 4.78 is 0. The quantitative estimate of drug-likeness (QED) is 0.870. The fourth-order valence-electron chi connectivity index (χ4n) is 5.85. The fraction of sp³-hybridized carbons (Fsp3) is 0.773. The highest BCUT2D eigenvalue weighted by molar-refractivity contribution is 5.79. The molecular weight excluding hydrogens is 352 g/mol. The van der Waals surface area contributed by atoms with E-state index in [0.717, 1.165) is 62.4 Å². The number of rotatable bonds is 3. The smallest absolute Gasteiger partial charge is 0.255 e. The van der Waals surface area contributed by atoms with Crippen LogP contribution >= 0.6 is 0 Å². The Balaban J connectivity index is 1.29. The molecule has 1 aromatic heterocycles. The van der Waals surface area contributed by atoms with Crippen molar-refractivity contribution in [2.45, 2.75) is 82.7 Å². The molecule has 1 saturated heterocycles. The molecular formula is C22H32N4O2. The normalized spacial score (nSPS) is 26.9. The Labute approximate surface area is 166 Å². The molecule has 3 heterocycles. The number of nitrogens with zero attached hydrogens (tertiary/aromatic N) is 3. The molecule has 0 unspecified atom stereocenters. The first-order valence-corrected chi connectivity index (χ1v) is 11.3. The molecule has 5 rings (SSSR count). The van der Waals surface area contributed by atoms with Gasteiger partial charge in [0, 0.05) is 50.5 Å². The number of fused-ring (bicyclic) bond motifs is 1. The number of aromatic nitrogens is 2. The maximum atomic E-state index is 12.8. The third-order valence-corrected chi connectivity index (χ3v) is 7.55. The second-order valence-corrected chi connectivity index (χ2v) is 9.29. The largest absolute Gasteiger partial charge is 0.342 e. The molecule has 3 fully saturated rings. The Kier molecular flexibility index (Phi) is 4.99. The predicted molar refractivity (Wildman–Crippen MR) is 107 cm³/mol. The third-order valence-electron chi connectivity index (χ3n) is 7.55. The summed E-state index contributed by atoms with van der Waals surface area (Å²) in [5.74, 6) is 1.54. The molecule has 6 nitrogen and oxygen atoms in total. The second-order valence-electron chi connectivity index (χ2n) is 9.29. The van der Waals surface area contributed by atoms with Crippen molar-refractivity contribution in [3.63, 3.8) is 0 Å². The molecule has 28 heavy (non-hydrogen) atoms. The van der Waals surface area contributed by atoms with Crippen molar-refractivity contribution in [3.8, 4) is 0 Å². The Bertz CT molecular complexity index is 792. The molecule has 0 spiro atoms. The summed E-state index contributed by atoms with van der Waals surface area (Å²) in [6, 6.07) is 0.650. The zero-order valence-electron chi connectivity index (χ0n) is 16.8. The van der Waals surface area contributed by atoms with Crippen LogP contribution in [0.15, 0.2) is 4.79 Å². The van der Waals surface area contributed by atoms with E-state index in [-0.39, 0.29) is 17.4 Å². The summed E-state index contributed by atoms with van der Waals surface area (Å²) in [6.45, 7) is 3.28. The monoisotopic (exact) mass is 384 g/mol. The highest BCUT2D eigenvalue weighted by atomic mass is 16.2. The number of amides is 1. The molecule has 1 amide bonds. The molecule has 152 valence electrons. The molecule has 0 radical (unpaired) electrons. The van der Waals surface area contributed by atoms with E-state index in [9.17, 15) is 9.59 Å². The van der Waals surface area contributed by atoms with E-state index in [1.54, 1.807) is 0 Å². The standard InChI is InChI=1S/C22H32N4O2/c27-21-18-14-25(17-7-3-4-8-17)12-10-19(18)23-20(24-21)16-9-11-26(13-16)22(28)15-5-1-2-6-15/h15-17H,1-14H2,(H,23,24,27)/t16-/m0/s1. The van der Waals surface area contributed by atoms with Crippen LogP contribution in [-0.4, -0.2) is 51.4 Å². The average molecular weight is 385 g/mol. The number of aromatic amines is 1. The summed E-state index contributed by atoms with van der Waals surface area (Å²) in [5, 5.41) is 0. The van der Waals surface area contributed by atoms with Crippen LogP contribution in [0.3, 0.4) is 0 Å². The Morgan fingerprint density at radius 1 is 1.00 bits per heavy atom. The molecule has 2 aliphatic heterocycles. The van der Waals surface area contributed by atoms with Gasteiger partial charge in [0.2, 0.25) is 5.91 Å². The van der Waals surface area contributed by atoms with E-state index in [4.69, 9.17) is 4.98 Å². The highest BCUT2D eigenvalue weighted by Gasteiger charge is 2.35. The molecule has 2 saturated carbocycles. The number of nitrogens with one attached hydrogen (secondary N) is 1. The van der Waals surface area contributed by atoms with Crippen LogP contribution in [0.1, 0.15) is 80.8 Å². The maximum absolute atomic E-state index is 12.8. The van der Waals surface area contributed by atoms with Gasteiger partial charge in [0.05, 0.1) is 11.3 Å². The molecule has 1 aromatic rings. The Morgan fingerprint density at radius 3 is 2.54 bits per heavy atom. The van der Waals surface area contributed by atoms with Gasteiger partial charge in [0.25, 0.3) is 5.56 Å². The highest BCUT2D eigenvalue weighted by Crippen LogP contribution is 2.32. The van der Waals surface area contributed by atoms with E-state index < -0.39 is 0 Å². The molecule has 1 N–H and O–H groups in total. The number of hydrogen-bond acceptors (Lipinski definition) is 4. The first-order chi connectivity index (χ1) is 13.7. The lowest BCUT2D eigenvalue weighted by molar-refractivity contribution is -0.134. The molecule has 0 bridgehead atoms. The van der Waals surface area contributed by atoms with E-state index >= 15 is 0 Å². The zero-order chi connectivity index (χ0) is 19.1. The van der Waals surface area contributed by atoms with Crippen molar-refractivity contribution in [3.05, 3.63) is 27.4 Å². The molecule has 0 aromatic carbocycles. The minimum absolute atomic E-state index is 0.0447. The van der Waals surface area contributed by atoms with Gasteiger partial charge in [0.15, 0.2) is 0 Å². The lowest BCUT2D eigenvalue weighted by Gasteiger charge is -2.32. The van der Waals surface area contributed by atoms with Crippen molar-refractivity contribution < 1.29 is 4.79 Å². The van der Waals surface area contributed by atoms with Crippen LogP contribution < -0.4 is 5.56 Å². The van der Waals surface area contributed by atoms with Gasteiger partial charge >= 0.3 is 0 Å². The van der Waals surface area contributed by atoms with Crippen LogP contribution in [0.25, 0.3) is 0 Å². The van der Waals surface area contributed by atoms with Crippen LogP contribution in [0.2, 0.25) is 0 Å². The number of carbonyl (C=O) groups excluding carboxylic acids is 1. The Morgan fingerprint density at radius 2 is 1.75 bits per heavy atom. The van der Waals surface area contributed by atoms with Crippen molar-refractivity contribution in [1.29, 1.82) is 0 Å². The Hall–Kier alpha value is -1.69. The summed E-state index contributed by atoms with van der Waals surface area (Å²) in [6.07, 6.45) is 11.4. The first-order valence-electron chi connectivity index (χ1n) is 11.3. The lowest BCUT2D eigenvalue weighted by atomic mass is 10.0. The van der Waals surface area contributed by atoms with Crippen molar-refractivity contribution in [2.75, 3.05) is 19.6 Å². The van der Waals surface area contributed by atoms with Crippen LogP contribution in [0, 0.1) is 5.92 Å². The van der Waals surface area contributed by atoms with Gasteiger partial charge in [0.1, 0.15) is 5.82 Å². The van der Waals surface area contributed by atoms with Gasteiger partial charge in [-0.25, -0.2) is 4.98 Å². The maximum Gasteiger partial charge on any atom is 0.255 e. The van der Waals surface area contributed by atoms with Gasteiger partial charge in [-0.1, -0.05) is 25.7 Å².